The molecule has 0 rings (SSSR count). The first-order chi connectivity index (χ1) is 6.95. The maximum atomic E-state index is 10.3. The molecule has 0 aliphatic heterocycles. The fourth-order valence-corrected chi connectivity index (χ4v) is 1.69. The van der Waals surface area contributed by atoms with Crippen molar-refractivity contribution < 1.29 is 24.0 Å². The standard InChI is InChI=1S/C9H21O5P/c1-2-6-9(10)7-4-3-5-8-14-15(11,12)13/h9-10H,2-8H2,1H3,(H2,11,12,13). The van der Waals surface area contributed by atoms with E-state index in [4.69, 9.17) is 9.79 Å². The van der Waals surface area contributed by atoms with Gasteiger partial charge in [0.1, 0.15) is 0 Å². The number of unbranched alkanes of at least 4 members (excludes halogenated alkanes) is 2. The van der Waals surface area contributed by atoms with E-state index in [0.29, 0.717) is 6.42 Å². The maximum absolute atomic E-state index is 10.3. The minimum Gasteiger partial charge on any atom is -0.393 e. The lowest BCUT2D eigenvalue weighted by molar-refractivity contribution is 0.147. The van der Waals surface area contributed by atoms with Crippen molar-refractivity contribution in [2.24, 2.45) is 0 Å². The summed E-state index contributed by atoms with van der Waals surface area (Å²) in [5, 5.41) is 9.38. The van der Waals surface area contributed by atoms with E-state index < -0.39 is 7.82 Å². The summed E-state index contributed by atoms with van der Waals surface area (Å²) in [6, 6.07) is 0. The average molecular weight is 240 g/mol. The van der Waals surface area contributed by atoms with Crippen LogP contribution in [0.1, 0.15) is 45.4 Å². The minimum atomic E-state index is -4.29. The molecule has 1 atom stereocenters. The number of aliphatic hydroxyl groups excluding tert-OH is 1. The van der Waals surface area contributed by atoms with Crippen LogP contribution in [0.25, 0.3) is 0 Å². The second-order valence-electron chi connectivity index (χ2n) is 3.62. The van der Waals surface area contributed by atoms with Crippen LogP contribution >= 0.6 is 7.82 Å². The first kappa shape index (κ1) is 15.1. The van der Waals surface area contributed by atoms with Crippen LogP contribution in [0.4, 0.5) is 0 Å². The van der Waals surface area contributed by atoms with E-state index in [0.717, 1.165) is 32.1 Å². The highest BCUT2D eigenvalue weighted by atomic mass is 31.2. The molecule has 0 aromatic rings. The lowest BCUT2D eigenvalue weighted by Crippen LogP contribution is -2.05. The van der Waals surface area contributed by atoms with E-state index in [-0.39, 0.29) is 12.7 Å². The molecule has 0 heterocycles. The molecule has 0 aliphatic rings. The molecule has 0 saturated heterocycles. The molecule has 0 bridgehead atoms. The van der Waals surface area contributed by atoms with Crippen molar-refractivity contribution in [1.29, 1.82) is 0 Å². The average Bonchev–Trinajstić information content (AvgIpc) is 2.09. The van der Waals surface area contributed by atoms with Crippen molar-refractivity contribution in [1.82, 2.24) is 0 Å². The first-order valence-electron chi connectivity index (χ1n) is 5.34. The number of hydrogen-bond acceptors (Lipinski definition) is 3. The zero-order valence-corrected chi connectivity index (χ0v) is 10.0. The normalized spacial score (nSPS) is 14.1. The Morgan fingerprint density at radius 1 is 1.20 bits per heavy atom. The molecule has 5 nitrogen and oxygen atoms in total. The molecule has 15 heavy (non-hydrogen) atoms. The molecular formula is C9H21O5P. The fraction of sp³-hybridized carbons (Fsp3) is 1.00. The van der Waals surface area contributed by atoms with Gasteiger partial charge in [0, 0.05) is 0 Å². The molecule has 0 saturated carbocycles. The smallest absolute Gasteiger partial charge is 0.393 e. The number of aliphatic hydroxyl groups is 1. The van der Waals surface area contributed by atoms with Crippen molar-refractivity contribution in [3.05, 3.63) is 0 Å². The van der Waals surface area contributed by atoms with Gasteiger partial charge in [0.15, 0.2) is 0 Å². The van der Waals surface area contributed by atoms with Crippen LogP contribution in [-0.2, 0) is 9.09 Å². The summed E-state index contributed by atoms with van der Waals surface area (Å²) >= 11 is 0. The third-order valence-electron chi connectivity index (χ3n) is 2.06. The lowest BCUT2D eigenvalue weighted by Gasteiger charge is -2.08. The molecule has 0 fully saturated rings. The summed E-state index contributed by atoms with van der Waals surface area (Å²) in [5.74, 6) is 0. The van der Waals surface area contributed by atoms with Gasteiger partial charge in [0.05, 0.1) is 12.7 Å². The van der Waals surface area contributed by atoms with Gasteiger partial charge < -0.3 is 14.9 Å². The van der Waals surface area contributed by atoms with E-state index in [9.17, 15) is 9.67 Å². The van der Waals surface area contributed by atoms with Gasteiger partial charge in [-0.15, -0.1) is 0 Å². The lowest BCUT2D eigenvalue weighted by atomic mass is 10.1. The second-order valence-corrected chi connectivity index (χ2v) is 4.85. The quantitative estimate of drug-likeness (QED) is 0.422. The van der Waals surface area contributed by atoms with Gasteiger partial charge in [-0.3, -0.25) is 4.52 Å². The van der Waals surface area contributed by atoms with Crippen molar-refractivity contribution in [3.8, 4) is 0 Å². The third-order valence-corrected chi connectivity index (χ3v) is 2.58. The number of phosphoric ester groups is 1. The molecule has 0 aliphatic carbocycles. The highest BCUT2D eigenvalue weighted by Crippen LogP contribution is 2.35. The van der Waals surface area contributed by atoms with E-state index in [2.05, 4.69) is 4.52 Å². The SMILES string of the molecule is CCCC(O)CCCCCOP(=O)(O)O. The summed E-state index contributed by atoms with van der Waals surface area (Å²) in [7, 11) is -4.29. The largest absolute Gasteiger partial charge is 0.469 e. The fourth-order valence-electron chi connectivity index (χ4n) is 1.32. The summed E-state index contributed by atoms with van der Waals surface area (Å²) in [5.41, 5.74) is 0. The highest BCUT2D eigenvalue weighted by molar-refractivity contribution is 7.46. The van der Waals surface area contributed by atoms with Gasteiger partial charge >= 0.3 is 7.82 Å². The van der Waals surface area contributed by atoms with E-state index in [1.54, 1.807) is 0 Å². The number of phosphoric acid groups is 1. The van der Waals surface area contributed by atoms with Crippen LogP contribution in [0.5, 0.6) is 0 Å². The van der Waals surface area contributed by atoms with Crippen LogP contribution in [0.3, 0.4) is 0 Å². The van der Waals surface area contributed by atoms with Crippen molar-refractivity contribution in [2.75, 3.05) is 6.61 Å². The van der Waals surface area contributed by atoms with Crippen molar-refractivity contribution in [2.45, 2.75) is 51.6 Å². The Morgan fingerprint density at radius 3 is 2.40 bits per heavy atom. The zero-order chi connectivity index (χ0) is 11.7. The Bertz CT molecular complexity index is 191. The Morgan fingerprint density at radius 2 is 1.87 bits per heavy atom. The topological polar surface area (TPSA) is 87.0 Å². The molecule has 3 N–H and O–H groups in total. The van der Waals surface area contributed by atoms with Crippen LogP contribution < -0.4 is 0 Å². The highest BCUT2D eigenvalue weighted by Gasteiger charge is 2.12. The predicted molar refractivity (Wildman–Crippen MR) is 57.4 cm³/mol. The molecule has 92 valence electrons. The van der Waals surface area contributed by atoms with Gasteiger partial charge in [-0.05, 0) is 19.3 Å². The molecular weight excluding hydrogens is 219 g/mol. The summed E-state index contributed by atoms with van der Waals surface area (Å²) in [4.78, 5) is 16.8. The monoisotopic (exact) mass is 240 g/mol. The van der Waals surface area contributed by atoms with Gasteiger partial charge in [0.25, 0.3) is 0 Å². The van der Waals surface area contributed by atoms with E-state index in [1.165, 1.54) is 0 Å². The van der Waals surface area contributed by atoms with Crippen molar-refractivity contribution >= 4 is 7.82 Å². The summed E-state index contributed by atoms with van der Waals surface area (Å²) in [6.07, 6.45) is 4.61. The summed E-state index contributed by atoms with van der Waals surface area (Å²) < 4.78 is 14.6. The van der Waals surface area contributed by atoms with E-state index in [1.807, 2.05) is 6.92 Å². The molecule has 0 aromatic carbocycles. The molecule has 0 aromatic heterocycles. The third kappa shape index (κ3) is 12.0. The van der Waals surface area contributed by atoms with Gasteiger partial charge in [0.2, 0.25) is 0 Å². The molecule has 0 spiro atoms. The van der Waals surface area contributed by atoms with Crippen LogP contribution in [0.2, 0.25) is 0 Å². The Labute approximate surface area is 90.7 Å². The van der Waals surface area contributed by atoms with Crippen LogP contribution in [0.15, 0.2) is 0 Å². The second kappa shape index (κ2) is 8.25. The predicted octanol–water partition coefficient (Wildman–Crippen LogP) is 1.82. The molecule has 0 amide bonds. The maximum Gasteiger partial charge on any atom is 0.469 e. The van der Waals surface area contributed by atoms with Gasteiger partial charge in [-0.25, -0.2) is 4.57 Å². The molecule has 6 heteroatoms. The van der Waals surface area contributed by atoms with E-state index >= 15 is 0 Å². The molecule has 1 unspecified atom stereocenters. The minimum absolute atomic E-state index is 0.0775. The summed E-state index contributed by atoms with van der Waals surface area (Å²) in [6.45, 7) is 2.10. The van der Waals surface area contributed by atoms with Gasteiger partial charge in [-0.1, -0.05) is 26.2 Å². The number of hydrogen-bond donors (Lipinski definition) is 3. The zero-order valence-electron chi connectivity index (χ0n) is 9.13. The molecule has 0 radical (unpaired) electrons. The van der Waals surface area contributed by atoms with Gasteiger partial charge in [-0.2, -0.15) is 0 Å². The Balaban J connectivity index is 3.22. The van der Waals surface area contributed by atoms with Crippen molar-refractivity contribution in [3.63, 3.8) is 0 Å². The Kier molecular flexibility index (Phi) is 8.29. The van der Waals surface area contributed by atoms with Crippen LogP contribution in [-0.4, -0.2) is 27.6 Å². The van der Waals surface area contributed by atoms with Crippen LogP contribution in [0, 0.1) is 0 Å². The number of rotatable bonds is 9. The first-order valence-corrected chi connectivity index (χ1v) is 6.87. The Hall–Kier alpha value is 0.0700.